The summed E-state index contributed by atoms with van der Waals surface area (Å²) < 4.78 is 5.46. The lowest BCUT2D eigenvalue weighted by Crippen LogP contribution is -2.34. The van der Waals surface area contributed by atoms with Gasteiger partial charge in [-0.2, -0.15) is 0 Å². The van der Waals surface area contributed by atoms with Gasteiger partial charge in [0.15, 0.2) is 0 Å². The Morgan fingerprint density at radius 1 is 1.50 bits per heavy atom. The molecule has 1 N–H and O–H groups in total. The summed E-state index contributed by atoms with van der Waals surface area (Å²) >= 11 is 1.72. The highest BCUT2D eigenvalue weighted by atomic mass is 32.1. The van der Waals surface area contributed by atoms with Crippen molar-refractivity contribution in [2.75, 3.05) is 13.2 Å². The summed E-state index contributed by atoms with van der Waals surface area (Å²) in [4.78, 5) is 5.94. The molecule has 1 heterocycles. The lowest BCUT2D eigenvalue weighted by atomic mass is 9.98. The molecule has 1 unspecified atom stereocenters. The average molecular weight is 240 g/mol. The molecule has 0 spiro atoms. The molecule has 0 amide bonds. The van der Waals surface area contributed by atoms with E-state index in [1.807, 2.05) is 6.92 Å². The van der Waals surface area contributed by atoms with Crippen molar-refractivity contribution < 1.29 is 4.74 Å². The molecule has 1 aliphatic carbocycles. The molecule has 1 atom stereocenters. The van der Waals surface area contributed by atoms with Crippen LogP contribution in [0.5, 0.6) is 5.19 Å². The monoisotopic (exact) mass is 240 g/mol. The maximum atomic E-state index is 5.46. The summed E-state index contributed by atoms with van der Waals surface area (Å²) in [6.45, 7) is 6.05. The second-order valence-corrected chi connectivity index (χ2v) is 5.22. The number of hydrogen-bond donors (Lipinski definition) is 1. The van der Waals surface area contributed by atoms with E-state index < -0.39 is 0 Å². The highest BCUT2D eigenvalue weighted by molar-refractivity contribution is 7.13. The number of thiazole rings is 1. The molecule has 3 nitrogen and oxygen atoms in total. The molecule has 1 aliphatic rings. The minimum absolute atomic E-state index is 0.641. The lowest BCUT2D eigenvalue weighted by Gasteiger charge is -2.21. The zero-order valence-corrected chi connectivity index (χ0v) is 10.9. The highest BCUT2D eigenvalue weighted by Gasteiger charge is 2.22. The topological polar surface area (TPSA) is 34.2 Å². The zero-order valence-electron chi connectivity index (χ0n) is 10.1. The molecule has 0 fully saturated rings. The lowest BCUT2D eigenvalue weighted by molar-refractivity contribution is 0.337. The maximum Gasteiger partial charge on any atom is 0.273 e. The van der Waals surface area contributed by atoms with Gasteiger partial charge in [0, 0.05) is 10.9 Å². The van der Waals surface area contributed by atoms with E-state index in [0.29, 0.717) is 12.6 Å². The van der Waals surface area contributed by atoms with Gasteiger partial charge in [0.25, 0.3) is 5.19 Å². The molecule has 1 aromatic rings. The molecule has 16 heavy (non-hydrogen) atoms. The molecule has 1 aromatic heterocycles. The van der Waals surface area contributed by atoms with Gasteiger partial charge in [-0.3, -0.25) is 0 Å². The number of nitrogens with one attached hydrogen (secondary N) is 1. The Hall–Kier alpha value is -0.610. The first-order valence-electron chi connectivity index (χ1n) is 6.18. The Morgan fingerprint density at radius 2 is 2.38 bits per heavy atom. The minimum Gasteiger partial charge on any atom is -0.470 e. The molecule has 2 rings (SSSR count). The van der Waals surface area contributed by atoms with Crippen molar-refractivity contribution >= 4 is 11.3 Å². The number of fused-ring (bicyclic) bond motifs is 1. The van der Waals surface area contributed by atoms with Gasteiger partial charge >= 0.3 is 0 Å². The van der Waals surface area contributed by atoms with Gasteiger partial charge in [-0.15, -0.1) is 0 Å². The molecule has 0 radical (unpaired) electrons. The first-order valence-corrected chi connectivity index (χ1v) is 6.99. The number of aryl methyl sites for hydroxylation is 1. The predicted octanol–water partition coefficient (Wildman–Crippen LogP) is 2.40. The third-order valence-electron chi connectivity index (χ3n) is 2.87. The summed E-state index contributed by atoms with van der Waals surface area (Å²) in [5, 5.41) is 4.44. The third-order valence-corrected chi connectivity index (χ3v) is 3.90. The third kappa shape index (κ3) is 2.74. The van der Waals surface area contributed by atoms with Crippen molar-refractivity contribution in [2.24, 2.45) is 0 Å². The molecule has 90 valence electrons. The van der Waals surface area contributed by atoms with Crippen molar-refractivity contribution in [3.63, 3.8) is 0 Å². The fourth-order valence-electron chi connectivity index (χ4n) is 2.06. The summed E-state index contributed by atoms with van der Waals surface area (Å²) in [7, 11) is 0. The SMILES string of the molecule is CCCNC1CCc2nc(OCC)sc2C1. The van der Waals surface area contributed by atoms with Crippen molar-refractivity contribution in [3.8, 4) is 5.19 Å². The Kier molecular flexibility index (Phi) is 4.18. The van der Waals surface area contributed by atoms with E-state index in [4.69, 9.17) is 4.74 Å². The van der Waals surface area contributed by atoms with Crippen LogP contribution in [0.1, 0.15) is 37.3 Å². The fourth-order valence-corrected chi connectivity index (χ4v) is 3.15. The van der Waals surface area contributed by atoms with E-state index in [1.54, 1.807) is 11.3 Å². The Balaban J connectivity index is 1.97. The van der Waals surface area contributed by atoms with E-state index in [1.165, 1.54) is 23.4 Å². The second-order valence-electron chi connectivity index (χ2n) is 4.18. The Labute approximate surface area is 101 Å². The predicted molar refractivity (Wildman–Crippen MR) is 67.4 cm³/mol. The van der Waals surface area contributed by atoms with Gasteiger partial charge in [-0.25, -0.2) is 4.98 Å². The maximum absolute atomic E-state index is 5.46. The van der Waals surface area contributed by atoms with Crippen LogP contribution in [0.4, 0.5) is 0 Å². The average Bonchev–Trinajstić information content (AvgIpc) is 2.68. The standard InChI is InChI=1S/C12H20N2OS/c1-3-7-13-9-5-6-10-11(8-9)16-12(14-10)15-4-2/h9,13H,3-8H2,1-2H3. The summed E-state index contributed by atoms with van der Waals surface area (Å²) in [5.74, 6) is 0. The van der Waals surface area contributed by atoms with Crippen LogP contribution in [0.15, 0.2) is 0 Å². The Morgan fingerprint density at radius 3 is 3.12 bits per heavy atom. The summed E-state index contributed by atoms with van der Waals surface area (Å²) in [6, 6.07) is 0.641. The van der Waals surface area contributed by atoms with Crippen LogP contribution in [0.3, 0.4) is 0 Å². The molecule has 0 aliphatic heterocycles. The van der Waals surface area contributed by atoms with Gasteiger partial charge in [0.05, 0.1) is 12.3 Å². The van der Waals surface area contributed by atoms with E-state index in [0.717, 1.165) is 24.6 Å². The van der Waals surface area contributed by atoms with Crippen LogP contribution in [-0.2, 0) is 12.8 Å². The van der Waals surface area contributed by atoms with E-state index in [9.17, 15) is 0 Å². The zero-order chi connectivity index (χ0) is 11.4. The van der Waals surface area contributed by atoms with Crippen molar-refractivity contribution in [2.45, 2.75) is 45.6 Å². The van der Waals surface area contributed by atoms with E-state index in [-0.39, 0.29) is 0 Å². The van der Waals surface area contributed by atoms with Gasteiger partial charge < -0.3 is 10.1 Å². The smallest absolute Gasteiger partial charge is 0.273 e. The summed E-state index contributed by atoms with van der Waals surface area (Å²) in [5.41, 5.74) is 1.27. The number of hydrogen-bond acceptors (Lipinski definition) is 4. The normalized spacial score (nSPS) is 19.5. The van der Waals surface area contributed by atoms with Crippen LogP contribution < -0.4 is 10.1 Å². The molecule has 4 heteroatoms. The number of nitrogens with zero attached hydrogens (tertiary/aromatic N) is 1. The van der Waals surface area contributed by atoms with Crippen molar-refractivity contribution in [1.82, 2.24) is 10.3 Å². The van der Waals surface area contributed by atoms with E-state index >= 15 is 0 Å². The van der Waals surface area contributed by atoms with Crippen LogP contribution in [0.25, 0.3) is 0 Å². The van der Waals surface area contributed by atoms with Crippen LogP contribution >= 0.6 is 11.3 Å². The largest absolute Gasteiger partial charge is 0.470 e. The van der Waals surface area contributed by atoms with Crippen molar-refractivity contribution in [1.29, 1.82) is 0 Å². The molecule has 0 aromatic carbocycles. The molecular formula is C12H20N2OS. The van der Waals surface area contributed by atoms with Crippen LogP contribution in [-0.4, -0.2) is 24.2 Å². The molecule has 0 bridgehead atoms. The summed E-state index contributed by atoms with van der Waals surface area (Å²) in [6.07, 6.45) is 4.64. The van der Waals surface area contributed by atoms with E-state index in [2.05, 4.69) is 17.2 Å². The molecule has 0 saturated heterocycles. The van der Waals surface area contributed by atoms with Gasteiger partial charge in [0.2, 0.25) is 0 Å². The van der Waals surface area contributed by atoms with Crippen LogP contribution in [0.2, 0.25) is 0 Å². The number of aromatic nitrogens is 1. The van der Waals surface area contributed by atoms with Gasteiger partial charge in [0.1, 0.15) is 0 Å². The van der Waals surface area contributed by atoms with Crippen molar-refractivity contribution in [3.05, 3.63) is 10.6 Å². The van der Waals surface area contributed by atoms with Gasteiger partial charge in [-0.1, -0.05) is 18.3 Å². The number of rotatable bonds is 5. The van der Waals surface area contributed by atoms with Gasteiger partial charge in [-0.05, 0) is 39.2 Å². The highest BCUT2D eigenvalue weighted by Crippen LogP contribution is 2.31. The molecule has 0 saturated carbocycles. The second kappa shape index (κ2) is 5.64. The molecular weight excluding hydrogens is 220 g/mol. The fraction of sp³-hybridized carbons (Fsp3) is 0.750. The first kappa shape index (κ1) is 11.9. The minimum atomic E-state index is 0.641. The quantitative estimate of drug-likeness (QED) is 0.858. The first-order chi connectivity index (χ1) is 7.83. The number of ether oxygens (including phenoxy) is 1. The Bertz CT molecular complexity index is 338. The van der Waals surface area contributed by atoms with Crippen LogP contribution in [0, 0.1) is 0 Å².